The highest BCUT2D eigenvalue weighted by Crippen LogP contribution is 2.16. The quantitative estimate of drug-likeness (QED) is 0.537. The van der Waals surface area contributed by atoms with E-state index < -0.39 is 0 Å². The van der Waals surface area contributed by atoms with Crippen LogP contribution in [0.15, 0.2) is 24.3 Å². The predicted molar refractivity (Wildman–Crippen MR) is 80.6 cm³/mol. The van der Waals surface area contributed by atoms with Crippen molar-refractivity contribution < 1.29 is 14.3 Å². The van der Waals surface area contributed by atoms with Crippen molar-refractivity contribution in [2.45, 2.75) is 20.3 Å². The average molecular weight is 280 g/mol. The van der Waals surface area contributed by atoms with Crippen LogP contribution in [-0.2, 0) is 14.3 Å². The normalized spacial score (nSPS) is 10.8. The molecule has 0 saturated heterocycles. The monoisotopic (exact) mass is 280 g/mol. The molecule has 112 valence electrons. The number of carbonyl (C=O) groups excluding carboxylic acids is 1. The summed E-state index contributed by atoms with van der Waals surface area (Å²) in [5.41, 5.74) is 6.94. The Kier molecular flexibility index (Phi) is 7.69. The second-order valence-corrected chi connectivity index (χ2v) is 4.97. The van der Waals surface area contributed by atoms with Crippen LogP contribution in [0.3, 0.4) is 0 Å². The van der Waals surface area contributed by atoms with Crippen molar-refractivity contribution in [3.8, 4) is 0 Å². The average Bonchev–Trinajstić information content (AvgIpc) is 2.40. The lowest BCUT2D eigenvalue weighted by molar-refractivity contribution is -0.117. The molecule has 0 aromatic heterocycles. The molecule has 0 saturated carbocycles. The molecule has 0 spiro atoms. The van der Waals surface area contributed by atoms with Gasteiger partial charge in [-0.1, -0.05) is 26.0 Å². The Morgan fingerprint density at radius 1 is 1.20 bits per heavy atom. The van der Waals surface area contributed by atoms with Crippen molar-refractivity contribution in [1.82, 2.24) is 0 Å². The fourth-order valence-corrected chi connectivity index (χ4v) is 1.53. The molecule has 0 heterocycles. The number of para-hydroxylation sites is 2. The first-order valence-electron chi connectivity index (χ1n) is 6.89. The van der Waals surface area contributed by atoms with Gasteiger partial charge >= 0.3 is 0 Å². The van der Waals surface area contributed by atoms with Gasteiger partial charge in [0.05, 0.1) is 37.6 Å². The summed E-state index contributed by atoms with van der Waals surface area (Å²) in [6.07, 6.45) is 0.304. The van der Waals surface area contributed by atoms with E-state index in [1.54, 1.807) is 12.1 Å². The van der Waals surface area contributed by atoms with Gasteiger partial charge in [0, 0.05) is 6.61 Å². The summed E-state index contributed by atoms with van der Waals surface area (Å²) in [7, 11) is 0. The second-order valence-electron chi connectivity index (χ2n) is 4.97. The number of anilines is 2. The maximum atomic E-state index is 11.7. The number of hydrogen-bond acceptors (Lipinski definition) is 4. The number of amides is 1. The smallest absolute Gasteiger partial charge is 0.226 e. The number of benzene rings is 1. The lowest BCUT2D eigenvalue weighted by atomic mass is 10.2. The summed E-state index contributed by atoms with van der Waals surface area (Å²) >= 11 is 0. The maximum Gasteiger partial charge on any atom is 0.226 e. The first-order valence-corrected chi connectivity index (χ1v) is 6.89. The Morgan fingerprint density at radius 2 is 1.90 bits per heavy atom. The third-order valence-corrected chi connectivity index (χ3v) is 2.53. The molecule has 1 amide bonds. The van der Waals surface area contributed by atoms with Crippen molar-refractivity contribution in [3.05, 3.63) is 24.3 Å². The SMILES string of the molecule is CC(C)COCCOCCC(=O)Nc1ccccc1N. The molecule has 0 aliphatic rings. The predicted octanol–water partition coefficient (Wildman–Crippen LogP) is 2.29. The molecule has 0 unspecified atom stereocenters. The molecule has 1 rings (SSSR count). The molecule has 0 fully saturated rings. The lowest BCUT2D eigenvalue weighted by Crippen LogP contribution is -2.16. The molecule has 0 atom stereocenters. The fraction of sp³-hybridized carbons (Fsp3) is 0.533. The largest absolute Gasteiger partial charge is 0.397 e. The summed E-state index contributed by atoms with van der Waals surface area (Å²) in [6, 6.07) is 7.17. The summed E-state index contributed by atoms with van der Waals surface area (Å²) in [5.74, 6) is 0.420. The molecule has 0 aliphatic heterocycles. The highest BCUT2D eigenvalue weighted by Gasteiger charge is 2.04. The van der Waals surface area contributed by atoms with Crippen LogP contribution in [-0.4, -0.2) is 32.3 Å². The summed E-state index contributed by atoms with van der Waals surface area (Å²) in [4.78, 5) is 11.7. The molecule has 1 aromatic rings. The molecular formula is C15H24N2O3. The molecule has 5 heteroatoms. The number of rotatable bonds is 9. The number of ether oxygens (including phenoxy) is 2. The molecule has 3 N–H and O–H groups in total. The van der Waals surface area contributed by atoms with Crippen LogP contribution in [0.4, 0.5) is 11.4 Å². The molecule has 1 aromatic carbocycles. The van der Waals surface area contributed by atoms with E-state index in [1.807, 2.05) is 12.1 Å². The summed E-state index contributed by atoms with van der Waals surface area (Å²) < 4.78 is 10.7. The number of hydrogen-bond donors (Lipinski definition) is 2. The third kappa shape index (κ3) is 7.11. The lowest BCUT2D eigenvalue weighted by Gasteiger charge is -2.09. The van der Waals surface area contributed by atoms with E-state index in [4.69, 9.17) is 15.2 Å². The van der Waals surface area contributed by atoms with E-state index in [9.17, 15) is 4.79 Å². The Hall–Kier alpha value is -1.59. The first-order chi connectivity index (χ1) is 9.59. The van der Waals surface area contributed by atoms with Gasteiger partial charge in [0.1, 0.15) is 0 Å². The minimum absolute atomic E-state index is 0.106. The van der Waals surface area contributed by atoms with Crippen molar-refractivity contribution in [1.29, 1.82) is 0 Å². The van der Waals surface area contributed by atoms with E-state index in [2.05, 4.69) is 19.2 Å². The highest BCUT2D eigenvalue weighted by atomic mass is 16.5. The van der Waals surface area contributed by atoms with Crippen molar-refractivity contribution in [2.75, 3.05) is 37.5 Å². The van der Waals surface area contributed by atoms with Crippen LogP contribution in [0, 0.1) is 5.92 Å². The highest BCUT2D eigenvalue weighted by molar-refractivity contribution is 5.93. The molecule has 5 nitrogen and oxygen atoms in total. The van der Waals surface area contributed by atoms with Crippen molar-refractivity contribution >= 4 is 17.3 Å². The van der Waals surface area contributed by atoms with Crippen LogP contribution in [0.2, 0.25) is 0 Å². The van der Waals surface area contributed by atoms with Gasteiger partial charge in [0.25, 0.3) is 0 Å². The van der Waals surface area contributed by atoms with Gasteiger partial charge in [-0.3, -0.25) is 4.79 Å². The first kappa shape index (κ1) is 16.5. The van der Waals surface area contributed by atoms with Crippen LogP contribution in [0.25, 0.3) is 0 Å². The van der Waals surface area contributed by atoms with E-state index >= 15 is 0 Å². The molecule has 0 bridgehead atoms. The van der Waals surface area contributed by atoms with Gasteiger partial charge < -0.3 is 20.5 Å². The van der Waals surface area contributed by atoms with Crippen LogP contribution >= 0.6 is 0 Å². The molecule has 0 aliphatic carbocycles. The maximum absolute atomic E-state index is 11.7. The Bertz CT molecular complexity index is 408. The van der Waals surface area contributed by atoms with E-state index in [-0.39, 0.29) is 5.91 Å². The van der Waals surface area contributed by atoms with E-state index in [0.29, 0.717) is 43.5 Å². The Balaban J connectivity index is 2.08. The topological polar surface area (TPSA) is 73.6 Å². The van der Waals surface area contributed by atoms with Gasteiger partial charge in [-0.05, 0) is 18.1 Å². The van der Waals surface area contributed by atoms with Gasteiger partial charge in [-0.15, -0.1) is 0 Å². The summed E-state index contributed by atoms with van der Waals surface area (Å²) in [6.45, 7) is 6.38. The van der Waals surface area contributed by atoms with Crippen LogP contribution in [0.5, 0.6) is 0 Å². The van der Waals surface area contributed by atoms with Crippen molar-refractivity contribution in [2.24, 2.45) is 5.92 Å². The van der Waals surface area contributed by atoms with Gasteiger partial charge in [-0.25, -0.2) is 0 Å². The molecule has 20 heavy (non-hydrogen) atoms. The van der Waals surface area contributed by atoms with Crippen LogP contribution in [0.1, 0.15) is 20.3 Å². The third-order valence-electron chi connectivity index (χ3n) is 2.53. The molecule has 0 radical (unpaired) electrons. The minimum Gasteiger partial charge on any atom is -0.397 e. The van der Waals surface area contributed by atoms with Gasteiger partial charge in [0.15, 0.2) is 0 Å². The zero-order chi connectivity index (χ0) is 14.8. The Morgan fingerprint density at radius 3 is 2.60 bits per heavy atom. The van der Waals surface area contributed by atoms with E-state index in [1.165, 1.54) is 0 Å². The van der Waals surface area contributed by atoms with Gasteiger partial charge in [0.2, 0.25) is 5.91 Å². The second kappa shape index (κ2) is 9.34. The van der Waals surface area contributed by atoms with Gasteiger partial charge in [-0.2, -0.15) is 0 Å². The van der Waals surface area contributed by atoms with Crippen LogP contribution < -0.4 is 11.1 Å². The number of carbonyl (C=O) groups is 1. The summed E-state index contributed by atoms with van der Waals surface area (Å²) in [5, 5.41) is 2.75. The fourth-order valence-electron chi connectivity index (χ4n) is 1.53. The zero-order valence-corrected chi connectivity index (χ0v) is 12.2. The standard InChI is InChI=1S/C15H24N2O3/c1-12(2)11-20-10-9-19-8-7-15(18)17-14-6-4-3-5-13(14)16/h3-6,12H,7-11,16H2,1-2H3,(H,17,18). The number of nitrogens with one attached hydrogen (secondary N) is 1. The minimum atomic E-state index is -0.106. The number of nitrogens with two attached hydrogens (primary N) is 1. The van der Waals surface area contributed by atoms with E-state index in [0.717, 1.165) is 6.61 Å². The number of nitrogen functional groups attached to an aromatic ring is 1. The van der Waals surface area contributed by atoms with Crippen molar-refractivity contribution in [3.63, 3.8) is 0 Å². The molecular weight excluding hydrogens is 256 g/mol. The Labute approximate surface area is 120 Å². The zero-order valence-electron chi connectivity index (χ0n) is 12.2.